The summed E-state index contributed by atoms with van der Waals surface area (Å²) in [4.78, 5) is 4.45. The number of rotatable bonds is 1. The van der Waals surface area contributed by atoms with Crippen LogP contribution in [0.4, 0.5) is 5.95 Å². The van der Waals surface area contributed by atoms with Crippen molar-refractivity contribution >= 4 is 22.7 Å². The van der Waals surface area contributed by atoms with Crippen molar-refractivity contribution in [3.05, 3.63) is 30.3 Å². The molecule has 0 fully saturated rings. The van der Waals surface area contributed by atoms with E-state index in [4.69, 9.17) is 5.73 Å². The van der Waals surface area contributed by atoms with Crippen molar-refractivity contribution in [2.45, 2.75) is 54.9 Å². The average Bonchev–Trinajstić information content (AvgIpc) is 3.00. The fraction of sp³-hybridized carbons (Fsp3) is 0.526. The van der Waals surface area contributed by atoms with Crippen molar-refractivity contribution < 1.29 is 0 Å². The standard InChI is InChI=1S/C15H19N3.2C2H6/c1-10-8-9-13(15(10,2)3)18-12-7-5-4-6-11(12)17-14(18)16;2*1-2/h4-7,9-10H,8H2,1-3H3,(H2,16,17);2*1-2H3. The van der Waals surface area contributed by atoms with Crippen LogP contribution in [-0.2, 0) is 0 Å². The molecule has 3 rings (SSSR count). The number of hydrogen-bond acceptors (Lipinski definition) is 2. The third kappa shape index (κ3) is 3.03. The van der Waals surface area contributed by atoms with Crippen LogP contribution in [0.15, 0.2) is 30.3 Å². The van der Waals surface area contributed by atoms with Crippen LogP contribution in [-0.4, -0.2) is 9.55 Å². The van der Waals surface area contributed by atoms with E-state index in [9.17, 15) is 0 Å². The van der Waals surface area contributed by atoms with Gasteiger partial charge in [-0.05, 0) is 24.5 Å². The lowest BCUT2D eigenvalue weighted by molar-refractivity contribution is 0.339. The summed E-state index contributed by atoms with van der Waals surface area (Å²) in [5, 5.41) is 0. The molecule has 122 valence electrons. The molecule has 1 atom stereocenters. The summed E-state index contributed by atoms with van der Waals surface area (Å²) >= 11 is 0. The Morgan fingerprint density at radius 3 is 2.27 bits per heavy atom. The monoisotopic (exact) mass is 301 g/mol. The normalized spacial score (nSPS) is 18.9. The van der Waals surface area contributed by atoms with Gasteiger partial charge >= 0.3 is 0 Å². The number of imidazole rings is 1. The SMILES string of the molecule is CC.CC.CC1CC=C(n2c(N)nc3ccccc32)C1(C)C. The average molecular weight is 301 g/mol. The van der Waals surface area contributed by atoms with Crippen LogP contribution in [0.1, 0.15) is 54.9 Å². The Morgan fingerprint density at radius 1 is 1.14 bits per heavy atom. The molecule has 2 aromatic rings. The molecule has 3 nitrogen and oxygen atoms in total. The second kappa shape index (κ2) is 7.48. The van der Waals surface area contributed by atoms with Crippen LogP contribution in [0.3, 0.4) is 0 Å². The molecule has 0 bridgehead atoms. The van der Waals surface area contributed by atoms with E-state index >= 15 is 0 Å². The molecule has 3 heteroatoms. The number of aromatic nitrogens is 2. The van der Waals surface area contributed by atoms with E-state index in [1.165, 1.54) is 5.70 Å². The Morgan fingerprint density at radius 2 is 1.73 bits per heavy atom. The van der Waals surface area contributed by atoms with E-state index in [1.54, 1.807) is 0 Å². The molecule has 0 saturated carbocycles. The van der Waals surface area contributed by atoms with Crippen molar-refractivity contribution in [1.29, 1.82) is 0 Å². The fourth-order valence-corrected chi connectivity index (χ4v) is 2.78. The number of anilines is 1. The zero-order valence-electron chi connectivity index (χ0n) is 15.1. The predicted octanol–water partition coefficient (Wildman–Crippen LogP) is 5.58. The highest BCUT2D eigenvalue weighted by Crippen LogP contribution is 2.47. The molecule has 22 heavy (non-hydrogen) atoms. The Balaban J connectivity index is 0.000000561. The molecule has 0 spiro atoms. The van der Waals surface area contributed by atoms with Crippen LogP contribution in [0, 0.1) is 11.3 Å². The maximum atomic E-state index is 6.11. The highest BCUT2D eigenvalue weighted by Gasteiger charge is 2.36. The summed E-state index contributed by atoms with van der Waals surface area (Å²) in [6.07, 6.45) is 3.41. The predicted molar refractivity (Wildman–Crippen MR) is 98.7 cm³/mol. The molecule has 1 aliphatic carbocycles. The molecule has 1 aromatic carbocycles. The Kier molecular flexibility index (Phi) is 6.21. The molecule has 1 aliphatic rings. The highest BCUT2D eigenvalue weighted by molar-refractivity contribution is 5.83. The summed E-state index contributed by atoms with van der Waals surface area (Å²) in [5.74, 6) is 1.22. The van der Waals surface area contributed by atoms with E-state index in [0.717, 1.165) is 17.5 Å². The molecule has 2 N–H and O–H groups in total. The summed E-state index contributed by atoms with van der Waals surface area (Å²) in [6, 6.07) is 8.12. The molecular formula is C19H31N3. The number of nitrogens with two attached hydrogens (primary N) is 1. The second-order valence-electron chi connectivity index (χ2n) is 5.74. The molecule has 0 saturated heterocycles. The van der Waals surface area contributed by atoms with Gasteiger partial charge in [0.25, 0.3) is 0 Å². The number of allylic oxidation sites excluding steroid dienone is 2. The lowest BCUT2D eigenvalue weighted by Gasteiger charge is -2.29. The van der Waals surface area contributed by atoms with Crippen LogP contribution < -0.4 is 5.73 Å². The fourth-order valence-electron chi connectivity index (χ4n) is 2.78. The number of fused-ring (bicyclic) bond motifs is 1. The quantitative estimate of drug-likeness (QED) is 0.747. The molecule has 0 amide bonds. The zero-order valence-corrected chi connectivity index (χ0v) is 15.1. The maximum absolute atomic E-state index is 6.11. The van der Waals surface area contributed by atoms with Crippen LogP contribution in [0.5, 0.6) is 0 Å². The smallest absolute Gasteiger partial charge is 0.205 e. The van der Waals surface area contributed by atoms with E-state index in [-0.39, 0.29) is 5.41 Å². The lowest BCUT2D eigenvalue weighted by atomic mass is 9.81. The van der Waals surface area contributed by atoms with Gasteiger partial charge in [-0.3, -0.25) is 4.57 Å². The number of nitrogen functional groups attached to an aromatic ring is 1. The Bertz CT molecular complexity index is 635. The number of benzene rings is 1. The van der Waals surface area contributed by atoms with Gasteiger partial charge in [0.1, 0.15) is 0 Å². The highest BCUT2D eigenvalue weighted by atomic mass is 15.2. The van der Waals surface area contributed by atoms with Gasteiger partial charge < -0.3 is 5.73 Å². The first-order valence-electron chi connectivity index (χ1n) is 8.46. The zero-order chi connectivity index (χ0) is 16.9. The Hall–Kier alpha value is -1.77. The first kappa shape index (κ1) is 18.3. The van der Waals surface area contributed by atoms with Crippen molar-refractivity contribution in [2.75, 3.05) is 5.73 Å². The van der Waals surface area contributed by atoms with E-state index in [0.29, 0.717) is 11.9 Å². The van der Waals surface area contributed by atoms with Crippen molar-refractivity contribution in [2.24, 2.45) is 11.3 Å². The van der Waals surface area contributed by atoms with Gasteiger partial charge in [0.15, 0.2) is 0 Å². The Labute approximate surface area is 135 Å². The number of nitrogens with zero attached hydrogens (tertiary/aromatic N) is 2. The van der Waals surface area contributed by atoms with E-state index < -0.39 is 0 Å². The molecule has 1 aromatic heterocycles. The van der Waals surface area contributed by atoms with Crippen LogP contribution in [0.2, 0.25) is 0 Å². The van der Waals surface area contributed by atoms with Crippen LogP contribution >= 0.6 is 0 Å². The van der Waals surface area contributed by atoms with Crippen molar-refractivity contribution in [3.63, 3.8) is 0 Å². The molecule has 0 radical (unpaired) electrons. The second-order valence-corrected chi connectivity index (χ2v) is 5.74. The summed E-state index contributed by atoms with van der Waals surface area (Å²) in [6.45, 7) is 14.9. The van der Waals surface area contributed by atoms with E-state index in [2.05, 4.69) is 42.5 Å². The molecule has 1 unspecified atom stereocenters. The summed E-state index contributed by atoms with van der Waals surface area (Å²) in [7, 11) is 0. The summed E-state index contributed by atoms with van der Waals surface area (Å²) < 4.78 is 2.11. The molecule has 1 heterocycles. The van der Waals surface area contributed by atoms with Crippen molar-refractivity contribution in [1.82, 2.24) is 9.55 Å². The minimum Gasteiger partial charge on any atom is -0.369 e. The minimum atomic E-state index is 0.136. The van der Waals surface area contributed by atoms with Crippen LogP contribution in [0.25, 0.3) is 16.7 Å². The van der Waals surface area contributed by atoms with Gasteiger partial charge in [0, 0.05) is 11.1 Å². The number of para-hydroxylation sites is 2. The topological polar surface area (TPSA) is 43.8 Å². The summed E-state index contributed by atoms with van der Waals surface area (Å²) in [5.41, 5.74) is 9.59. The largest absolute Gasteiger partial charge is 0.369 e. The number of hydrogen-bond donors (Lipinski definition) is 1. The van der Waals surface area contributed by atoms with Gasteiger partial charge in [-0.15, -0.1) is 0 Å². The molecular weight excluding hydrogens is 270 g/mol. The third-order valence-electron chi connectivity index (χ3n) is 4.38. The van der Waals surface area contributed by atoms with Gasteiger partial charge in [-0.2, -0.15) is 0 Å². The minimum absolute atomic E-state index is 0.136. The first-order chi connectivity index (χ1) is 10.5. The first-order valence-corrected chi connectivity index (χ1v) is 8.46. The van der Waals surface area contributed by atoms with Gasteiger partial charge in [0.2, 0.25) is 5.95 Å². The maximum Gasteiger partial charge on any atom is 0.205 e. The third-order valence-corrected chi connectivity index (χ3v) is 4.38. The van der Waals surface area contributed by atoms with Crippen molar-refractivity contribution in [3.8, 4) is 0 Å². The molecule has 0 aliphatic heterocycles. The van der Waals surface area contributed by atoms with E-state index in [1.807, 2.05) is 45.9 Å². The lowest BCUT2D eigenvalue weighted by Crippen LogP contribution is -2.22. The van der Waals surface area contributed by atoms with Gasteiger partial charge in [-0.1, -0.05) is 66.7 Å². The van der Waals surface area contributed by atoms with Gasteiger partial charge in [-0.25, -0.2) is 4.98 Å². The van der Waals surface area contributed by atoms with Gasteiger partial charge in [0.05, 0.1) is 11.0 Å².